The van der Waals surface area contributed by atoms with E-state index in [-0.39, 0.29) is 21.5 Å². The maximum absolute atomic E-state index is 12.2. The number of amides is 1. The van der Waals surface area contributed by atoms with Crippen molar-refractivity contribution in [2.24, 2.45) is 0 Å². The normalized spacial score (nSPS) is 11.3. The Balaban J connectivity index is 2.07. The number of ether oxygens (including phenoxy) is 1. The molecule has 25 heavy (non-hydrogen) atoms. The molecule has 0 radical (unpaired) electrons. The summed E-state index contributed by atoms with van der Waals surface area (Å²) in [6, 6.07) is 10.1. The Hall–Kier alpha value is -2.82. The van der Waals surface area contributed by atoms with Crippen LogP contribution in [0.1, 0.15) is 12.5 Å². The fourth-order valence-corrected chi connectivity index (χ4v) is 2.31. The van der Waals surface area contributed by atoms with Crippen molar-refractivity contribution >= 4 is 40.5 Å². The second-order valence-corrected chi connectivity index (χ2v) is 5.74. The van der Waals surface area contributed by atoms with E-state index < -0.39 is 16.9 Å². The molecule has 0 fully saturated rings. The van der Waals surface area contributed by atoms with Crippen LogP contribution in [-0.2, 0) is 4.79 Å². The lowest BCUT2D eigenvalue weighted by molar-refractivity contribution is -0.384. The van der Waals surface area contributed by atoms with E-state index in [9.17, 15) is 14.9 Å². The second kappa shape index (κ2) is 7.83. The van der Waals surface area contributed by atoms with Crippen LogP contribution in [0.25, 0.3) is 0 Å². The number of anilines is 1. The topological polar surface area (TPSA) is 105 Å². The number of nitrogens with one attached hydrogen (secondary N) is 1. The molecule has 0 aliphatic rings. The summed E-state index contributed by atoms with van der Waals surface area (Å²) in [5, 5.41) is 22.3. The molecule has 1 N–H and O–H groups in total. The predicted molar refractivity (Wildman–Crippen MR) is 93.0 cm³/mol. The number of carbonyl (C=O) groups excluding carboxylic acids is 1. The van der Waals surface area contributed by atoms with Gasteiger partial charge in [-0.2, -0.15) is 5.26 Å². The van der Waals surface area contributed by atoms with E-state index in [1.54, 1.807) is 0 Å². The fraction of sp³-hybridized carbons (Fsp3) is 0.125. The summed E-state index contributed by atoms with van der Waals surface area (Å²) in [4.78, 5) is 22.3. The van der Waals surface area contributed by atoms with Crippen LogP contribution < -0.4 is 10.1 Å². The van der Waals surface area contributed by atoms with Crippen LogP contribution in [0.5, 0.6) is 5.75 Å². The lowest BCUT2D eigenvalue weighted by Crippen LogP contribution is -2.30. The van der Waals surface area contributed by atoms with Crippen LogP contribution >= 0.6 is 23.2 Å². The van der Waals surface area contributed by atoms with E-state index in [1.165, 1.54) is 37.3 Å². The molecule has 0 bridgehead atoms. The van der Waals surface area contributed by atoms with Crippen molar-refractivity contribution in [1.29, 1.82) is 5.26 Å². The highest BCUT2D eigenvalue weighted by Crippen LogP contribution is 2.29. The molecule has 0 aliphatic heterocycles. The summed E-state index contributed by atoms with van der Waals surface area (Å²) in [6.45, 7) is 1.50. The molecule has 1 atom stereocenters. The van der Waals surface area contributed by atoms with Gasteiger partial charge in [-0.05, 0) is 31.2 Å². The van der Waals surface area contributed by atoms with E-state index >= 15 is 0 Å². The monoisotopic (exact) mass is 379 g/mol. The van der Waals surface area contributed by atoms with E-state index in [4.69, 9.17) is 33.2 Å². The smallest absolute Gasteiger partial charge is 0.271 e. The van der Waals surface area contributed by atoms with Crippen LogP contribution in [0.3, 0.4) is 0 Å². The molecule has 2 aromatic carbocycles. The minimum Gasteiger partial charge on any atom is -0.479 e. The van der Waals surface area contributed by atoms with E-state index in [0.717, 1.165) is 6.07 Å². The first kappa shape index (κ1) is 18.5. The molecule has 0 saturated carbocycles. The molecule has 2 rings (SSSR count). The van der Waals surface area contributed by atoms with Crippen LogP contribution in [0.2, 0.25) is 10.0 Å². The number of rotatable bonds is 5. The van der Waals surface area contributed by atoms with Gasteiger partial charge in [0.05, 0.1) is 20.5 Å². The highest BCUT2D eigenvalue weighted by Gasteiger charge is 2.18. The van der Waals surface area contributed by atoms with Gasteiger partial charge in [-0.3, -0.25) is 14.9 Å². The second-order valence-electron chi connectivity index (χ2n) is 4.93. The van der Waals surface area contributed by atoms with Crippen LogP contribution in [-0.4, -0.2) is 16.9 Å². The van der Waals surface area contributed by atoms with Crippen molar-refractivity contribution in [2.75, 3.05) is 5.32 Å². The quantitative estimate of drug-likeness (QED) is 0.619. The lowest BCUT2D eigenvalue weighted by Gasteiger charge is -2.15. The number of non-ortho nitro benzene ring substituents is 1. The summed E-state index contributed by atoms with van der Waals surface area (Å²) in [5.74, 6) is -0.331. The Bertz CT molecular complexity index is 880. The molecule has 128 valence electrons. The Morgan fingerprint density at radius 1 is 1.28 bits per heavy atom. The summed E-state index contributed by atoms with van der Waals surface area (Å²) in [5.41, 5.74) is 0.516. The molecule has 0 aromatic heterocycles. The molecule has 0 spiro atoms. The van der Waals surface area contributed by atoms with Gasteiger partial charge in [0, 0.05) is 17.8 Å². The number of hydrogen-bond donors (Lipinski definition) is 1. The number of halogens is 2. The molecule has 0 unspecified atom stereocenters. The number of carbonyl (C=O) groups is 1. The third-order valence-electron chi connectivity index (χ3n) is 3.16. The first-order valence-corrected chi connectivity index (χ1v) is 7.68. The molecule has 9 heteroatoms. The minimum absolute atomic E-state index is 0.0234. The number of benzene rings is 2. The zero-order valence-electron chi connectivity index (χ0n) is 12.8. The Morgan fingerprint density at radius 2 is 2.00 bits per heavy atom. The van der Waals surface area contributed by atoms with Crippen LogP contribution in [0, 0.1) is 21.4 Å². The number of nitrogens with zero attached hydrogens (tertiary/aromatic N) is 2. The van der Waals surface area contributed by atoms with Gasteiger partial charge in [0.25, 0.3) is 11.6 Å². The van der Waals surface area contributed by atoms with Gasteiger partial charge in [-0.1, -0.05) is 23.2 Å². The highest BCUT2D eigenvalue weighted by molar-refractivity contribution is 6.32. The minimum atomic E-state index is -0.923. The van der Waals surface area contributed by atoms with Crippen molar-refractivity contribution in [3.8, 4) is 11.8 Å². The molecular formula is C16H11Cl2N3O4. The average Bonchev–Trinajstić information content (AvgIpc) is 2.56. The predicted octanol–water partition coefficient (Wildman–Crippen LogP) is 4.18. The van der Waals surface area contributed by atoms with Crippen molar-refractivity contribution in [1.82, 2.24) is 0 Å². The number of nitro groups is 1. The van der Waals surface area contributed by atoms with Crippen molar-refractivity contribution in [3.63, 3.8) is 0 Å². The van der Waals surface area contributed by atoms with Crippen LogP contribution in [0.15, 0.2) is 36.4 Å². The molecule has 1 amide bonds. The maximum atomic E-state index is 12.2. The van der Waals surface area contributed by atoms with Crippen molar-refractivity contribution in [2.45, 2.75) is 13.0 Å². The fourth-order valence-electron chi connectivity index (χ4n) is 1.87. The zero-order valence-corrected chi connectivity index (χ0v) is 14.3. The van der Waals surface area contributed by atoms with E-state index in [2.05, 4.69) is 5.32 Å². The number of nitriles is 1. The van der Waals surface area contributed by atoms with Gasteiger partial charge in [0.2, 0.25) is 0 Å². The maximum Gasteiger partial charge on any atom is 0.271 e. The van der Waals surface area contributed by atoms with E-state index in [1.807, 2.05) is 6.07 Å². The van der Waals surface area contributed by atoms with Gasteiger partial charge >= 0.3 is 0 Å². The SMILES string of the molecule is C[C@@H](Oc1ccc([N+](=O)[O-])cc1Cl)C(=O)Nc1ccc(C#N)c(Cl)c1. The first-order valence-electron chi connectivity index (χ1n) is 6.93. The zero-order chi connectivity index (χ0) is 18.6. The van der Waals surface area contributed by atoms with Gasteiger partial charge in [0.1, 0.15) is 11.8 Å². The summed E-state index contributed by atoms with van der Waals surface area (Å²) in [7, 11) is 0. The van der Waals surface area contributed by atoms with Crippen molar-refractivity contribution < 1.29 is 14.5 Å². The van der Waals surface area contributed by atoms with Gasteiger partial charge in [-0.25, -0.2) is 0 Å². The first-order chi connectivity index (χ1) is 11.8. The van der Waals surface area contributed by atoms with E-state index in [0.29, 0.717) is 11.3 Å². The molecule has 0 saturated heterocycles. The van der Waals surface area contributed by atoms with Gasteiger partial charge in [-0.15, -0.1) is 0 Å². The standard InChI is InChI=1S/C16H11Cl2N3O4/c1-9(25-15-5-4-12(21(23)24)7-14(15)18)16(22)20-11-3-2-10(8-19)13(17)6-11/h2-7,9H,1H3,(H,20,22)/t9-/m1/s1. The molecule has 2 aromatic rings. The van der Waals surface area contributed by atoms with Crippen molar-refractivity contribution in [3.05, 3.63) is 62.1 Å². The van der Waals surface area contributed by atoms with Gasteiger partial charge in [0.15, 0.2) is 6.10 Å². The van der Waals surface area contributed by atoms with Gasteiger partial charge < -0.3 is 10.1 Å². The Morgan fingerprint density at radius 3 is 2.56 bits per heavy atom. The summed E-state index contributed by atoms with van der Waals surface area (Å²) in [6.07, 6.45) is -0.923. The lowest BCUT2D eigenvalue weighted by atomic mass is 10.2. The highest BCUT2D eigenvalue weighted by atomic mass is 35.5. The third-order valence-corrected chi connectivity index (χ3v) is 3.76. The molecular weight excluding hydrogens is 369 g/mol. The number of nitro benzene ring substituents is 1. The molecule has 0 heterocycles. The number of hydrogen-bond acceptors (Lipinski definition) is 5. The third kappa shape index (κ3) is 4.59. The Kier molecular flexibility index (Phi) is 5.80. The summed E-state index contributed by atoms with van der Waals surface area (Å²) < 4.78 is 5.44. The largest absolute Gasteiger partial charge is 0.479 e. The molecule has 0 aliphatic carbocycles. The summed E-state index contributed by atoms with van der Waals surface area (Å²) >= 11 is 11.8. The Labute approximate surface area is 152 Å². The molecule has 7 nitrogen and oxygen atoms in total. The van der Waals surface area contributed by atoms with Crippen LogP contribution in [0.4, 0.5) is 11.4 Å². The average molecular weight is 380 g/mol.